The molecule has 0 bridgehead atoms. The van der Waals surface area contributed by atoms with Gasteiger partial charge in [-0.25, -0.2) is 9.79 Å². The van der Waals surface area contributed by atoms with Crippen LogP contribution < -0.4 is 0 Å². The molecule has 0 aliphatic carbocycles. The molecule has 1 aliphatic heterocycles. The number of esters is 1. The van der Waals surface area contributed by atoms with Gasteiger partial charge in [0.2, 0.25) is 5.90 Å². The zero-order valence-corrected chi connectivity index (χ0v) is 15.9. The van der Waals surface area contributed by atoms with Gasteiger partial charge in [-0.05, 0) is 59.3 Å². The second-order valence-corrected chi connectivity index (χ2v) is 7.04. The summed E-state index contributed by atoms with van der Waals surface area (Å²) in [6.45, 7) is 0. The molecule has 0 radical (unpaired) electrons. The van der Waals surface area contributed by atoms with Crippen LogP contribution in [-0.4, -0.2) is 11.9 Å². The summed E-state index contributed by atoms with van der Waals surface area (Å²) < 4.78 is 11.2. The van der Waals surface area contributed by atoms with Gasteiger partial charge in [0, 0.05) is 22.2 Å². The number of carbonyl (C=O) groups is 1. The van der Waals surface area contributed by atoms with E-state index in [9.17, 15) is 4.79 Å². The van der Waals surface area contributed by atoms with Gasteiger partial charge >= 0.3 is 5.97 Å². The van der Waals surface area contributed by atoms with E-state index in [2.05, 4.69) is 4.99 Å². The molecule has 140 valence electrons. The van der Waals surface area contributed by atoms with E-state index in [4.69, 9.17) is 20.8 Å². The molecule has 4 aromatic rings. The van der Waals surface area contributed by atoms with Crippen LogP contribution in [0, 0.1) is 0 Å². The summed E-state index contributed by atoms with van der Waals surface area (Å²) in [6.07, 6.45) is 1.58. The Bertz CT molecular complexity index is 1300. The summed E-state index contributed by atoms with van der Waals surface area (Å²) in [6, 6.07) is 24.8. The summed E-state index contributed by atoms with van der Waals surface area (Å²) in [5, 5.41) is 2.83. The number of nitrogens with zero attached hydrogens (tertiary/aromatic N) is 1. The number of hydrogen-bond acceptors (Lipinski definition) is 4. The van der Waals surface area contributed by atoms with Gasteiger partial charge in [-0.3, -0.25) is 0 Å². The molecular weight excluding hydrogens is 386 g/mol. The first-order valence-corrected chi connectivity index (χ1v) is 9.41. The van der Waals surface area contributed by atoms with Gasteiger partial charge in [-0.2, -0.15) is 0 Å². The van der Waals surface area contributed by atoms with E-state index in [1.807, 2.05) is 60.7 Å². The standard InChI is InChI=1S/C24H14ClNO3/c25-19-9-7-16(8-10-19)22-12-11-20(28-22)14-21-24(27)29-23(26-21)18-6-5-15-3-1-2-4-17(15)13-18/h1-14H. The molecule has 3 aromatic carbocycles. The van der Waals surface area contributed by atoms with E-state index in [0.717, 1.165) is 21.9 Å². The Morgan fingerprint density at radius 3 is 2.41 bits per heavy atom. The number of rotatable bonds is 3. The molecule has 1 aliphatic rings. The lowest BCUT2D eigenvalue weighted by Crippen LogP contribution is -2.05. The van der Waals surface area contributed by atoms with Gasteiger partial charge in [0.15, 0.2) is 5.70 Å². The maximum Gasteiger partial charge on any atom is 0.363 e. The molecule has 0 saturated carbocycles. The van der Waals surface area contributed by atoms with Crippen molar-refractivity contribution in [2.24, 2.45) is 4.99 Å². The molecule has 4 nitrogen and oxygen atoms in total. The Balaban J connectivity index is 1.45. The molecule has 5 heteroatoms. The summed E-state index contributed by atoms with van der Waals surface area (Å²) in [4.78, 5) is 16.6. The summed E-state index contributed by atoms with van der Waals surface area (Å²) in [5.74, 6) is 0.984. The quantitative estimate of drug-likeness (QED) is 0.309. The van der Waals surface area contributed by atoms with Crippen LogP contribution in [0.4, 0.5) is 0 Å². The third kappa shape index (κ3) is 3.46. The van der Waals surface area contributed by atoms with Crippen molar-refractivity contribution in [2.45, 2.75) is 0 Å². The number of aliphatic imine (C=N–C) groups is 1. The first-order chi connectivity index (χ1) is 14.2. The van der Waals surface area contributed by atoms with Crippen LogP contribution in [0.25, 0.3) is 28.2 Å². The second kappa shape index (κ2) is 7.08. The minimum absolute atomic E-state index is 0.199. The summed E-state index contributed by atoms with van der Waals surface area (Å²) in [7, 11) is 0. The van der Waals surface area contributed by atoms with Crippen molar-refractivity contribution in [2.75, 3.05) is 0 Å². The number of hydrogen-bond donors (Lipinski definition) is 0. The van der Waals surface area contributed by atoms with Crippen LogP contribution in [0.3, 0.4) is 0 Å². The maximum absolute atomic E-state index is 12.3. The van der Waals surface area contributed by atoms with Crippen LogP contribution in [0.5, 0.6) is 0 Å². The van der Waals surface area contributed by atoms with Gasteiger partial charge in [-0.15, -0.1) is 0 Å². The highest BCUT2D eigenvalue weighted by molar-refractivity contribution is 6.30. The van der Waals surface area contributed by atoms with Crippen molar-refractivity contribution in [1.29, 1.82) is 0 Å². The molecule has 0 unspecified atom stereocenters. The lowest BCUT2D eigenvalue weighted by Gasteiger charge is -2.02. The highest BCUT2D eigenvalue weighted by Crippen LogP contribution is 2.27. The Kier molecular flexibility index (Phi) is 4.26. The molecule has 0 fully saturated rings. The zero-order chi connectivity index (χ0) is 19.8. The zero-order valence-electron chi connectivity index (χ0n) is 15.1. The van der Waals surface area contributed by atoms with Crippen LogP contribution in [0.15, 0.2) is 94.0 Å². The van der Waals surface area contributed by atoms with E-state index in [1.54, 1.807) is 24.3 Å². The van der Waals surface area contributed by atoms with Crippen molar-refractivity contribution in [3.63, 3.8) is 0 Å². The third-order valence-corrected chi connectivity index (χ3v) is 4.90. The molecule has 2 heterocycles. The van der Waals surface area contributed by atoms with Gasteiger partial charge in [0.25, 0.3) is 0 Å². The maximum atomic E-state index is 12.3. The van der Waals surface area contributed by atoms with Crippen molar-refractivity contribution in [1.82, 2.24) is 0 Å². The van der Waals surface area contributed by atoms with Crippen LogP contribution >= 0.6 is 11.6 Å². The monoisotopic (exact) mass is 399 g/mol. The topological polar surface area (TPSA) is 51.8 Å². The average molecular weight is 400 g/mol. The average Bonchev–Trinajstić information content (AvgIpc) is 3.35. The highest BCUT2D eigenvalue weighted by Gasteiger charge is 2.24. The molecule has 29 heavy (non-hydrogen) atoms. The summed E-state index contributed by atoms with van der Waals surface area (Å²) >= 11 is 5.92. The molecule has 5 rings (SSSR count). The van der Waals surface area contributed by atoms with Gasteiger partial charge in [0.05, 0.1) is 0 Å². The number of furan rings is 1. The number of ether oxygens (including phenoxy) is 1. The molecular formula is C24H14ClNO3. The lowest BCUT2D eigenvalue weighted by molar-refractivity contribution is -0.129. The number of halogens is 1. The van der Waals surface area contributed by atoms with Crippen LogP contribution in [-0.2, 0) is 9.53 Å². The third-order valence-electron chi connectivity index (χ3n) is 4.65. The van der Waals surface area contributed by atoms with Crippen LogP contribution in [0.1, 0.15) is 11.3 Å². The van der Waals surface area contributed by atoms with Crippen molar-refractivity contribution in [3.8, 4) is 11.3 Å². The largest absolute Gasteiger partial charge is 0.457 e. The molecule has 0 N–H and O–H groups in total. The predicted octanol–water partition coefficient (Wildman–Crippen LogP) is 6.10. The second-order valence-electron chi connectivity index (χ2n) is 6.61. The number of benzene rings is 3. The molecule has 0 saturated heterocycles. The van der Waals surface area contributed by atoms with Crippen molar-refractivity contribution < 1.29 is 13.9 Å². The van der Waals surface area contributed by atoms with Gasteiger partial charge in [0.1, 0.15) is 11.5 Å². The fraction of sp³-hybridized carbons (Fsp3) is 0. The SMILES string of the molecule is O=C1OC(c2ccc3ccccc3c2)=NC1=Cc1ccc(-c2ccc(Cl)cc2)o1. The fourth-order valence-electron chi connectivity index (χ4n) is 3.19. The van der Waals surface area contributed by atoms with E-state index in [-0.39, 0.29) is 11.6 Å². The van der Waals surface area contributed by atoms with Gasteiger partial charge < -0.3 is 9.15 Å². The smallest absolute Gasteiger partial charge is 0.363 e. The minimum Gasteiger partial charge on any atom is -0.457 e. The summed E-state index contributed by atoms with van der Waals surface area (Å²) in [5.41, 5.74) is 1.85. The van der Waals surface area contributed by atoms with Crippen LogP contribution in [0.2, 0.25) is 5.02 Å². The first kappa shape index (κ1) is 17.5. The molecule has 0 amide bonds. The van der Waals surface area contributed by atoms with E-state index in [1.165, 1.54) is 0 Å². The molecule has 0 spiro atoms. The Morgan fingerprint density at radius 1 is 0.828 bits per heavy atom. The Morgan fingerprint density at radius 2 is 1.59 bits per heavy atom. The predicted molar refractivity (Wildman–Crippen MR) is 114 cm³/mol. The Labute approximate surface area is 171 Å². The minimum atomic E-state index is -0.502. The molecule has 0 atom stereocenters. The number of fused-ring (bicyclic) bond motifs is 1. The van der Waals surface area contributed by atoms with Gasteiger partial charge in [-0.1, -0.05) is 41.9 Å². The first-order valence-electron chi connectivity index (χ1n) is 9.03. The van der Waals surface area contributed by atoms with Crippen molar-refractivity contribution in [3.05, 3.63) is 101 Å². The van der Waals surface area contributed by atoms with E-state index in [0.29, 0.717) is 16.5 Å². The lowest BCUT2D eigenvalue weighted by atomic mass is 10.1. The number of cyclic esters (lactones) is 1. The van der Waals surface area contributed by atoms with E-state index >= 15 is 0 Å². The van der Waals surface area contributed by atoms with E-state index < -0.39 is 5.97 Å². The normalized spacial score (nSPS) is 15.0. The Hall–Kier alpha value is -3.63. The molecule has 1 aromatic heterocycles. The fourth-order valence-corrected chi connectivity index (χ4v) is 3.32. The van der Waals surface area contributed by atoms with Crippen molar-refractivity contribution >= 4 is 40.3 Å². The highest BCUT2D eigenvalue weighted by atomic mass is 35.5. The number of carbonyl (C=O) groups excluding carboxylic acids is 1.